The minimum atomic E-state index is -1.48. The van der Waals surface area contributed by atoms with Crippen LogP contribution in [0.5, 0.6) is 0 Å². The van der Waals surface area contributed by atoms with Crippen molar-refractivity contribution in [3.8, 4) is 0 Å². The number of carboxylic acid groups (broad SMARTS) is 1. The van der Waals surface area contributed by atoms with E-state index < -0.39 is 11.8 Å². The largest absolute Gasteiger partial charge is 1.00 e. The molecular formula is C8H6FNaO2. The molecule has 0 radical (unpaired) electrons. The van der Waals surface area contributed by atoms with Crippen molar-refractivity contribution >= 4 is 5.97 Å². The second kappa shape index (κ2) is 4.60. The van der Waals surface area contributed by atoms with E-state index in [1.165, 1.54) is 25.1 Å². The molecule has 0 aliphatic carbocycles. The van der Waals surface area contributed by atoms with Crippen LogP contribution in [-0.2, 0) is 0 Å². The summed E-state index contributed by atoms with van der Waals surface area (Å²) in [6.45, 7) is 1.50. The van der Waals surface area contributed by atoms with Gasteiger partial charge in [-0.15, -0.1) is 0 Å². The molecule has 12 heavy (non-hydrogen) atoms. The summed E-state index contributed by atoms with van der Waals surface area (Å²) in [4.78, 5) is 10.2. The van der Waals surface area contributed by atoms with E-state index in [0.29, 0.717) is 5.56 Å². The molecule has 0 aliphatic rings. The zero-order chi connectivity index (χ0) is 8.43. The molecule has 1 rings (SSSR count). The Morgan fingerprint density at radius 3 is 2.50 bits per heavy atom. The fourth-order valence-electron chi connectivity index (χ4n) is 0.805. The number of halogens is 1. The smallest absolute Gasteiger partial charge is 0.545 e. The van der Waals surface area contributed by atoms with E-state index in [-0.39, 0.29) is 35.1 Å². The molecule has 0 aromatic heterocycles. The van der Waals surface area contributed by atoms with Crippen LogP contribution in [-0.4, -0.2) is 5.97 Å². The van der Waals surface area contributed by atoms with Crippen LogP contribution in [0.1, 0.15) is 15.9 Å². The predicted octanol–water partition coefficient (Wildman–Crippen LogP) is -2.50. The third-order valence-corrected chi connectivity index (χ3v) is 1.41. The minimum absolute atomic E-state index is 0. The average Bonchev–Trinajstić information content (AvgIpc) is 1.94. The summed E-state index contributed by atoms with van der Waals surface area (Å²) in [7, 11) is 0. The first-order valence-corrected chi connectivity index (χ1v) is 3.09. The normalized spacial score (nSPS) is 8.83. The first-order valence-electron chi connectivity index (χ1n) is 3.09. The Morgan fingerprint density at radius 2 is 2.08 bits per heavy atom. The third kappa shape index (κ3) is 2.30. The van der Waals surface area contributed by atoms with Crippen LogP contribution >= 0.6 is 0 Å². The number of carbonyl (C=O) groups excluding carboxylic acids is 1. The zero-order valence-corrected chi connectivity index (χ0v) is 8.93. The SMILES string of the molecule is Cc1cccc(C(=O)[O-])c1F.[Na+]. The van der Waals surface area contributed by atoms with Crippen LogP contribution in [0.15, 0.2) is 18.2 Å². The van der Waals surface area contributed by atoms with Gasteiger partial charge < -0.3 is 9.90 Å². The molecule has 0 bridgehead atoms. The molecule has 1 aromatic rings. The number of rotatable bonds is 1. The molecule has 0 amide bonds. The van der Waals surface area contributed by atoms with Gasteiger partial charge in [-0.05, 0) is 12.5 Å². The van der Waals surface area contributed by atoms with Gasteiger partial charge in [0.25, 0.3) is 0 Å². The van der Waals surface area contributed by atoms with Crippen LogP contribution in [0.4, 0.5) is 4.39 Å². The monoisotopic (exact) mass is 176 g/mol. The van der Waals surface area contributed by atoms with E-state index in [2.05, 4.69) is 0 Å². The summed E-state index contributed by atoms with van der Waals surface area (Å²) in [5.41, 5.74) is -0.0725. The molecule has 58 valence electrons. The van der Waals surface area contributed by atoms with E-state index in [1.807, 2.05) is 0 Å². The number of carbonyl (C=O) groups is 1. The zero-order valence-electron chi connectivity index (χ0n) is 6.93. The molecule has 0 atom stereocenters. The van der Waals surface area contributed by atoms with Crippen molar-refractivity contribution in [2.45, 2.75) is 6.92 Å². The van der Waals surface area contributed by atoms with Crippen molar-refractivity contribution in [1.82, 2.24) is 0 Å². The molecule has 0 saturated heterocycles. The topological polar surface area (TPSA) is 40.1 Å². The van der Waals surface area contributed by atoms with E-state index in [0.717, 1.165) is 0 Å². The summed E-state index contributed by atoms with van der Waals surface area (Å²) >= 11 is 0. The van der Waals surface area contributed by atoms with Crippen molar-refractivity contribution in [1.29, 1.82) is 0 Å². The Labute approximate surface area is 91.7 Å². The van der Waals surface area contributed by atoms with E-state index >= 15 is 0 Å². The van der Waals surface area contributed by atoms with Crippen molar-refractivity contribution in [3.05, 3.63) is 35.1 Å². The molecule has 0 spiro atoms. The van der Waals surface area contributed by atoms with Gasteiger partial charge in [-0.25, -0.2) is 4.39 Å². The first kappa shape index (κ1) is 11.6. The third-order valence-electron chi connectivity index (χ3n) is 1.41. The minimum Gasteiger partial charge on any atom is -0.545 e. The molecular weight excluding hydrogens is 170 g/mol. The molecule has 4 heteroatoms. The standard InChI is InChI=1S/C8H7FO2.Na/c1-5-3-2-4-6(7(5)9)8(10)11;/h2-4H,1H3,(H,10,11);/q;+1/p-1. The fraction of sp³-hybridized carbons (Fsp3) is 0.125. The molecule has 0 N–H and O–H groups in total. The summed E-state index contributed by atoms with van der Waals surface area (Å²) in [5, 5.41) is 10.2. The van der Waals surface area contributed by atoms with Crippen LogP contribution in [0.3, 0.4) is 0 Å². The van der Waals surface area contributed by atoms with Gasteiger partial charge in [0, 0.05) is 5.56 Å². The van der Waals surface area contributed by atoms with Crippen LogP contribution in [0.25, 0.3) is 0 Å². The maximum atomic E-state index is 12.8. The molecule has 1 aromatic carbocycles. The predicted molar refractivity (Wildman–Crippen MR) is 35.5 cm³/mol. The van der Waals surface area contributed by atoms with Gasteiger partial charge in [0.2, 0.25) is 0 Å². The summed E-state index contributed by atoms with van der Waals surface area (Å²) in [6.07, 6.45) is 0. The van der Waals surface area contributed by atoms with Crippen LogP contribution in [0.2, 0.25) is 0 Å². The number of carboxylic acids is 1. The maximum Gasteiger partial charge on any atom is 1.00 e. The van der Waals surface area contributed by atoms with E-state index in [4.69, 9.17) is 0 Å². The molecule has 0 fully saturated rings. The van der Waals surface area contributed by atoms with Crippen molar-refractivity contribution < 1.29 is 43.8 Å². The molecule has 0 unspecified atom stereocenters. The van der Waals surface area contributed by atoms with Crippen molar-refractivity contribution in [2.24, 2.45) is 0 Å². The second-order valence-electron chi connectivity index (χ2n) is 2.22. The molecule has 0 saturated carbocycles. The second-order valence-corrected chi connectivity index (χ2v) is 2.22. The van der Waals surface area contributed by atoms with Gasteiger partial charge in [0.1, 0.15) is 5.82 Å². The summed E-state index contributed by atoms with van der Waals surface area (Å²) < 4.78 is 12.8. The molecule has 0 aliphatic heterocycles. The Morgan fingerprint density at radius 1 is 1.50 bits per heavy atom. The van der Waals surface area contributed by atoms with Gasteiger partial charge in [0.15, 0.2) is 0 Å². The van der Waals surface area contributed by atoms with E-state index in [1.54, 1.807) is 0 Å². The van der Waals surface area contributed by atoms with Gasteiger partial charge >= 0.3 is 29.6 Å². The fourth-order valence-corrected chi connectivity index (χ4v) is 0.805. The molecule has 2 nitrogen and oxygen atoms in total. The Kier molecular flexibility index (Phi) is 4.45. The van der Waals surface area contributed by atoms with Gasteiger partial charge in [-0.2, -0.15) is 0 Å². The van der Waals surface area contributed by atoms with Gasteiger partial charge in [-0.3, -0.25) is 0 Å². The Bertz CT molecular complexity index is 299. The summed E-state index contributed by atoms with van der Waals surface area (Å²) in [5.74, 6) is -2.20. The Hall–Kier alpha value is -0.380. The van der Waals surface area contributed by atoms with Crippen molar-refractivity contribution in [3.63, 3.8) is 0 Å². The number of hydrogen-bond acceptors (Lipinski definition) is 2. The van der Waals surface area contributed by atoms with E-state index in [9.17, 15) is 14.3 Å². The quantitative estimate of drug-likeness (QED) is 0.444. The van der Waals surface area contributed by atoms with Crippen LogP contribution < -0.4 is 34.7 Å². The number of aryl methyl sites for hydroxylation is 1. The average molecular weight is 176 g/mol. The van der Waals surface area contributed by atoms with Gasteiger partial charge in [-0.1, -0.05) is 18.2 Å². The van der Waals surface area contributed by atoms with Crippen LogP contribution in [0, 0.1) is 12.7 Å². The van der Waals surface area contributed by atoms with Crippen molar-refractivity contribution in [2.75, 3.05) is 0 Å². The number of benzene rings is 1. The van der Waals surface area contributed by atoms with Gasteiger partial charge in [0.05, 0.1) is 5.97 Å². The number of hydrogen-bond donors (Lipinski definition) is 0. The Balaban J connectivity index is 0.00000121. The number of aromatic carboxylic acids is 1. The summed E-state index contributed by atoms with van der Waals surface area (Å²) in [6, 6.07) is 4.16. The first-order chi connectivity index (χ1) is 5.13. The molecule has 0 heterocycles. The maximum absolute atomic E-state index is 12.8.